The van der Waals surface area contributed by atoms with Crippen molar-refractivity contribution in [1.29, 1.82) is 0 Å². The molecule has 2 saturated heterocycles. The van der Waals surface area contributed by atoms with Crippen molar-refractivity contribution in [1.82, 2.24) is 10.2 Å². The van der Waals surface area contributed by atoms with E-state index in [1.807, 2.05) is 49.5 Å². The summed E-state index contributed by atoms with van der Waals surface area (Å²) >= 11 is 0. The molecule has 150 valence electrons. The maximum Gasteiger partial charge on any atom is 0.193 e. The Hall–Kier alpha value is -1.80. The zero-order valence-corrected chi connectivity index (χ0v) is 18.6. The van der Waals surface area contributed by atoms with Crippen LogP contribution in [0.25, 0.3) is 0 Å². The molecule has 2 aliphatic heterocycles. The summed E-state index contributed by atoms with van der Waals surface area (Å²) in [5.74, 6) is 2.67. The van der Waals surface area contributed by atoms with Crippen molar-refractivity contribution in [2.75, 3.05) is 33.4 Å². The van der Waals surface area contributed by atoms with Crippen LogP contribution >= 0.6 is 24.0 Å². The van der Waals surface area contributed by atoms with Crippen LogP contribution in [0.4, 0.5) is 0 Å². The van der Waals surface area contributed by atoms with E-state index in [0.717, 1.165) is 50.3 Å². The van der Waals surface area contributed by atoms with Crippen LogP contribution in [-0.2, 0) is 11.3 Å². The summed E-state index contributed by atoms with van der Waals surface area (Å²) in [5, 5.41) is 3.50. The summed E-state index contributed by atoms with van der Waals surface area (Å²) in [5.41, 5.74) is 1.54. The molecule has 2 aliphatic rings. The maximum atomic E-state index is 5.85. The van der Waals surface area contributed by atoms with Gasteiger partial charge in [-0.05, 0) is 42.7 Å². The highest BCUT2D eigenvalue weighted by Crippen LogP contribution is 2.38. The number of guanidine groups is 1. The van der Waals surface area contributed by atoms with Gasteiger partial charge in [0.05, 0.1) is 6.61 Å². The second kappa shape index (κ2) is 9.60. The van der Waals surface area contributed by atoms with E-state index < -0.39 is 0 Å². The zero-order chi connectivity index (χ0) is 18.5. The van der Waals surface area contributed by atoms with Crippen molar-refractivity contribution in [2.24, 2.45) is 10.4 Å². The number of hydrogen-bond donors (Lipinski definition) is 1. The maximum absolute atomic E-state index is 5.85. The number of ether oxygens (including phenoxy) is 2. The first-order valence-electron chi connectivity index (χ1n) is 9.62. The number of benzene rings is 2. The summed E-state index contributed by atoms with van der Waals surface area (Å²) < 4.78 is 11.5. The minimum Gasteiger partial charge on any atom is -0.457 e. The topological polar surface area (TPSA) is 46.1 Å². The lowest BCUT2D eigenvalue weighted by molar-refractivity contribution is 0.156. The minimum atomic E-state index is 0. The number of nitrogens with zero attached hydrogens (tertiary/aromatic N) is 2. The fourth-order valence-corrected chi connectivity index (χ4v) is 3.90. The third-order valence-corrected chi connectivity index (χ3v) is 5.49. The van der Waals surface area contributed by atoms with Gasteiger partial charge in [0, 0.05) is 38.7 Å². The summed E-state index contributed by atoms with van der Waals surface area (Å²) in [6, 6.07) is 18.0. The zero-order valence-electron chi connectivity index (χ0n) is 16.3. The molecule has 1 spiro atoms. The van der Waals surface area contributed by atoms with E-state index in [-0.39, 0.29) is 24.0 Å². The van der Waals surface area contributed by atoms with Gasteiger partial charge in [-0.25, -0.2) is 0 Å². The average Bonchev–Trinajstić information content (AvgIpc) is 3.34. The lowest BCUT2D eigenvalue weighted by atomic mass is 9.87. The van der Waals surface area contributed by atoms with Crippen molar-refractivity contribution in [3.05, 3.63) is 60.2 Å². The molecule has 2 aromatic carbocycles. The number of hydrogen-bond acceptors (Lipinski definition) is 3. The van der Waals surface area contributed by atoms with Crippen LogP contribution in [0.15, 0.2) is 59.6 Å². The number of likely N-dealkylation sites (tertiary alicyclic amines) is 1. The van der Waals surface area contributed by atoms with E-state index in [4.69, 9.17) is 9.47 Å². The van der Waals surface area contributed by atoms with Gasteiger partial charge in [0.25, 0.3) is 0 Å². The van der Waals surface area contributed by atoms with E-state index >= 15 is 0 Å². The van der Waals surface area contributed by atoms with E-state index in [0.29, 0.717) is 5.41 Å². The van der Waals surface area contributed by atoms with Crippen molar-refractivity contribution >= 4 is 29.9 Å². The lowest BCUT2D eigenvalue weighted by Gasteiger charge is -2.25. The first kappa shape index (κ1) is 20.9. The highest BCUT2D eigenvalue weighted by atomic mass is 127. The molecular formula is C22H28IN3O2. The van der Waals surface area contributed by atoms with E-state index in [2.05, 4.69) is 27.3 Å². The number of halogens is 1. The third-order valence-electron chi connectivity index (χ3n) is 5.49. The summed E-state index contributed by atoms with van der Waals surface area (Å²) in [6.45, 7) is 4.63. The Labute approximate surface area is 184 Å². The fourth-order valence-electron chi connectivity index (χ4n) is 3.90. The van der Waals surface area contributed by atoms with Gasteiger partial charge in [-0.1, -0.05) is 30.3 Å². The molecule has 4 rings (SSSR count). The first-order chi connectivity index (χ1) is 13.3. The van der Waals surface area contributed by atoms with Crippen LogP contribution in [0.2, 0.25) is 0 Å². The summed E-state index contributed by atoms with van der Waals surface area (Å²) in [4.78, 5) is 6.84. The van der Waals surface area contributed by atoms with Gasteiger partial charge in [0.15, 0.2) is 5.96 Å². The van der Waals surface area contributed by atoms with Gasteiger partial charge in [-0.2, -0.15) is 0 Å². The van der Waals surface area contributed by atoms with Crippen molar-refractivity contribution < 1.29 is 9.47 Å². The molecule has 1 atom stereocenters. The Morgan fingerprint density at radius 2 is 1.86 bits per heavy atom. The normalized spacial score (nSPS) is 21.6. The first-order valence-corrected chi connectivity index (χ1v) is 9.62. The van der Waals surface area contributed by atoms with Crippen LogP contribution in [0.5, 0.6) is 11.5 Å². The van der Waals surface area contributed by atoms with E-state index in [9.17, 15) is 0 Å². The molecule has 0 amide bonds. The number of nitrogens with one attached hydrogen (secondary N) is 1. The molecule has 0 radical (unpaired) electrons. The monoisotopic (exact) mass is 493 g/mol. The molecule has 6 heteroatoms. The van der Waals surface area contributed by atoms with Crippen molar-refractivity contribution in [2.45, 2.75) is 19.4 Å². The average molecular weight is 493 g/mol. The smallest absolute Gasteiger partial charge is 0.193 e. The Morgan fingerprint density at radius 1 is 1.11 bits per heavy atom. The predicted octanol–water partition coefficient (Wildman–Crippen LogP) is 4.28. The van der Waals surface area contributed by atoms with Crippen LogP contribution in [-0.4, -0.2) is 44.2 Å². The molecule has 1 N–H and O–H groups in total. The van der Waals surface area contributed by atoms with Crippen molar-refractivity contribution in [3.8, 4) is 11.5 Å². The second-order valence-corrected chi connectivity index (χ2v) is 7.43. The highest BCUT2D eigenvalue weighted by molar-refractivity contribution is 14.0. The quantitative estimate of drug-likeness (QED) is 0.393. The number of aliphatic imine (C=N–C) groups is 1. The van der Waals surface area contributed by atoms with Crippen LogP contribution in [0, 0.1) is 5.41 Å². The third kappa shape index (κ3) is 4.97. The second-order valence-electron chi connectivity index (χ2n) is 7.43. The van der Waals surface area contributed by atoms with Crippen LogP contribution in [0.1, 0.15) is 18.4 Å². The molecule has 0 aliphatic carbocycles. The van der Waals surface area contributed by atoms with E-state index in [1.54, 1.807) is 0 Å². The molecule has 2 aromatic rings. The Bertz CT molecular complexity index is 774. The molecular weight excluding hydrogens is 465 g/mol. The molecule has 5 nitrogen and oxygen atoms in total. The summed E-state index contributed by atoms with van der Waals surface area (Å²) in [7, 11) is 1.86. The van der Waals surface area contributed by atoms with Gasteiger partial charge in [-0.15, -0.1) is 24.0 Å². The molecule has 1 unspecified atom stereocenters. The molecule has 0 bridgehead atoms. The Kier molecular flexibility index (Phi) is 7.18. The Balaban J connectivity index is 0.00000225. The Morgan fingerprint density at radius 3 is 2.54 bits per heavy atom. The largest absolute Gasteiger partial charge is 0.457 e. The SMILES string of the molecule is CN=C(NCc1ccc(Oc2ccccc2)cc1)N1CCC2(CCOC2)C1.I. The van der Waals surface area contributed by atoms with Crippen LogP contribution in [0.3, 0.4) is 0 Å². The summed E-state index contributed by atoms with van der Waals surface area (Å²) in [6.07, 6.45) is 2.36. The number of para-hydroxylation sites is 1. The minimum absolute atomic E-state index is 0. The van der Waals surface area contributed by atoms with Gasteiger partial charge in [0.1, 0.15) is 11.5 Å². The molecule has 2 fully saturated rings. The van der Waals surface area contributed by atoms with Crippen molar-refractivity contribution in [3.63, 3.8) is 0 Å². The molecule has 0 saturated carbocycles. The van der Waals surface area contributed by atoms with Gasteiger partial charge in [-0.3, -0.25) is 4.99 Å². The molecule has 28 heavy (non-hydrogen) atoms. The van der Waals surface area contributed by atoms with Gasteiger partial charge in [0.2, 0.25) is 0 Å². The number of rotatable bonds is 4. The highest BCUT2D eigenvalue weighted by Gasteiger charge is 2.42. The van der Waals surface area contributed by atoms with Gasteiger partial charge < -0.3 is 19.7 Å². The lowest BCUT2D eigenvalue weighted by Crippen LogP contribution is -2.41. The molecule has 0 aromatic heterocycles. The fraction of sp³-hybridized carbons (Fsp3) is 0.409. The van der Waals surface area contributed by atoms with Gasteiger partial charge >= 0.3 is 0 Å². The predicted molar refractivity (Wildman–Crippen MR) is 123 cm³/mol. The molecule has 2 heterocycles. The standard InChI is InChI=1S/C22H27N3O2.HI/c1-23-21(25-13-11-22(16-25)12-14-26-17-22)24-15-18-7-9-20(10-8-18)27-19-5-3-2-4-6-19;/h2-10H,11-17H2,1H3,(H,23,24);1H. The van der Waals surface area contributed by atoms with E-state index in [1.165, 1.54) is 18.4 Å². The van der Waals surface area contributed by atoms with Crippen LogP contribution < -0.4 is 10.1 Å².